The molecule has 12 heavy (non-hydrogen) atoms. The molecule has 0 aromatic heterocycles. The van der Waals surface area contributed by atoms with Crippen molar-refractivity contribution in [1.82, 2.24) is 0 Å². The van der Waals surface area contributed by atoms with Crippen molar-refractivity contribution in [2.75, 3.05) is 0 Å². The van der Waals surface area contributed by atoms with Gasteiger partial charge in [0.15, 0.2) is 0 Å². The van der Waals surface area contributed by atoms with Crippen LogP contribution in [0.15, 0.2) is 42.5 Å². The molecular formula is C10H11KO. The number of hydrogen-bond donors (Lipinski definition) is 0. The molecule has 0 radical (unpaired) electrons. The Bertz CT molecular complexity index is 231. The van der Waals surface area contributed by atoms with Gasteiger partial charge in [-0.2, -0.15) is 0 Å². The van der Waals surface area contributed by atoms with Crippen molar-refractivity contribution in [3.8, 4) is 0 Å². The van der Waals surface area contributed by atoms with Gasteiger partial charge in [-0.25, -0.2) is 0 Å². The maximum Gasteiger partial charge on any atom is 1.00 e. The summed E-state index contributed by atoms with van der Waals surface area (Å²) in [5, 5.41) is 11.2. The second kappa shape index (κ2) is 7.01. The van der Waals surface area contributed by atoms with Gasteiger partial charge in [0, 0.05) is 0 Å². The van der Waals surface area contributed by atoms with Gasteiger partial charge in [-0.15, -0.1) is 0 Å². The van der Waals surface area contributed by atoms with Gasteiger partial charge in [-0.1, -0.05) is 54.2 Å². The topological polar surface area (TPSA) is 23.1 Å². The van der Waals surface area contributed by atoms with Crippen LogP contribution >= 0.6 is 0 Å². The van der Waals surface area contributed by atoms with E-state index in [1.807, 2.05) is 37.3 Å². The summed E-state index contributed by atoms with van der Waals surface area (Å²) in [6.45, 7) is 1.86. The third-order valence-electron chi connectivity index (χ3n) is 1.50. The van der Waals surface area contributed by atoms with Gasteiger partial charge < -0.3 is 5.11 Å². The Morgan fingerprint density at radius 3 is 2.33 bits per heavy atom. The summed E-state index contributed by atoms with van der Waals surface area (Å²) in [6.07, 6.45) is 2.72. The fourth-order valence-corrected chi connectivity index (χ4v) is 0.929. The SMILES string of the molecule is C/C=C/C([O-])c1ccccc1.[K+]. The van der Waals surface area contributed by atoms with E-state index in [0.29, 0.717) is 0 Å². The van der Waals surface area contributed by atoms with E-state index in [2.05, 4.69) is 0 Å². The Hall–Kier alpha value is 0.556. The van der Waals surface area contributed by atoms with Crippen LogP contribution in [0.5, 0.6) is 0 Å². The fraction of sp³-hybridized carbons (Fsp3) is 0.200. The third-order valence-corrected chi connectivity index (χ3v) is 1.50. The summed E-state index contributed by atoms with van der Waals surface area (Å²) in [4.78, 5) is 0. The summed E-state index contributed by atoms with van der Waals surface area (Å²) in [7, 11) is 0. The molecule has 0 N–H and O–H groups in total. The van der Waals surface area contributed by atoms with E-state index in [1.165, 1.54) is 0 Å². The number of hydrogen-bond acceptors (Lipinski definition) is 1. The van der Waals surface area contributed by atoms with Crippen LogP contribution in [0.3, 0.4) is 0 Å². The maximum absolute atomic E-state index is 11.2. The van der Waals surface area contributed by atoms with E-state index >= 15 is 0 Å². The van der Waals surface area contributed by atoms with Gasteiger partial charge in [0.1, 0.15) is 0 Å². The normalized spacial score (nSPS) is 12.5. The Balaban J connectivity index is 0.00000121. The molecule has 0 saturated heterocycles. The van der Waals surface area contributed by atoms with Crippen LogP contribution in [0.1, 0.15) is 18.6 Å². The Labute approximate surface area is 116 Å². The zero-order valence-corrected chi connectivity index (χ0v) is 10.7. The molecule has 2 heteroatoms. The van der Waals surface area contributed by atoms with Crippen molar-refractivity contribution in [3.63, 3.8) is 0 Å². The number of allylic oxidation sites excluding steroid dienone is 1. The molecule has 0 saturated carbocycles. The second-order valence-corrected chi connectivity index (χ2v) is 2.36. The van der Waals surface area contributed by atoms with Gasteiger partial charge >= 0.3 is 51.4 Å². The molecule has 1 rings (SSSR count). The summed E-state index contributed by atoms with van der Waals surface area (Å²) < 4.78 is 0. The molecule has 1 aromatic rings. The second-order valence-electron chi connectivity index (χ2n) is 2.36. The van der Waals surface area contributed by atoms with Gasteiger partial charge in [-0.05, 0) is 6.92 Å². The largest absolute Gasteiger partial charge is 1.00 e. The molecule has 1 aromatic carbocycles. The predicted molar refractivity (Wildman–Crippen MR) is 44.0 cm³/mol. The molecule has 0 fully saturated rings. The van der Waals surface area contributed by atoms with E-state index < -0.39 is 6.10 Å². The van der Waals surface area contributed by atoms with Crippen LogP contribution in [0.2, 0.25) is 0 Å². The van der Waals surface area contributed by atoms with E-state index in [0.717, 1.165) is 5.56 Å². The van der Waals surface area contributed by atoms with Crippen LogP contribution in [-0.2, 0) is 0 Å². The standard InChI is InChI=1S/C10H11O.K/c1-2-6-10(11)9-7-4-3-5-8-9;/h2-8,10H,1H3;/q-1;+1/b6-2+;. The van der Waals surface area contributed by atoms with Crippen molar-refractivity contribution >= 4 is 0 Å². The van der Waals surface area contributed by atoms with Gasteiger partial charge in [0.25, 0.3) is 0 Å². The molecule has 0 amide bonds. The molecule has 0 bridgehead atoms. The van der Waals surface area contributed by atoms with Gasteiger partial charge in [-0.3, -0.25) is 0 Å². The van der Waals surface area contributed by atoms with Crippen molar-refractivity contribution in [2.24, 2.45) is 0 Å². The van der Waals surface area contributed by atoms with Crippen molar-refractivity contribution < 1.29 is 56.5 Å². The zero-order valence-electron chi connectivity index (χ0n) is 7.53. The van der Waals surface area contributed by atoms with Crippen molar-refractivity contribution in [2.45, 2.75) is 13.0 Å². The average molecular weight is 186 g/mol. The van der Waals surface area contributed by atoms with E-state index in [-0.39, 0.29) is 51.4 Å². The minimum atomic E-state index is -0.707. The summed E-state index contributed by atoms with van der Waals surface area (Å²) in [5.74, 6) is 0. The molecule has 58 valence electrons. The van der Waals surface area contributed by atoms with E-state index in [1.54, 1.807) is 12.2 Å². The average Bonchev–Trinajstić information content (AvgIpc) is 2.07. The molecule has 0 aliphatic carbocycles. The fourth-order valence-electron chi connectivity index (χ4n) is 0.929. The molecule has 0 heterocycles. The molecule has 1 nitrogen and oxygen atoms in total. The zero-order chi connectivity index (χ0) is 8.10. The molecule has 0 spiro atoms. The van der Waals surface area contributed by atoms with E-state index in [4.69, 9.17) is 0 Å². The van der Waals surface area contributed by atoms with Crippen LogP contribution in [0.25, 0.3) is 0 Å². The molecular weight excluding hydrogens is 175 g/mol. The number of rotatable bonds is 2. The molecule has 1 unspecified atom stereocenters. The smallest absolute Gasteiger partial charge is 0.846 e. The first-order valence-electron chi connectivity index (χ1n) is 3.68. The Morgan fingerprint density at radius 1 is 1.25 bits per heavy atom. The summed E-state index contributed by atoms with van der Waals surface area (Å²) in [5.41, 5.74) is 0.825. The van der Waals surface area contributed by atoms with E-state index in [9.17, 15) is 5.11 Å². The first kappa shape index (κ1) is 12.6. The Morgan fingerprint density at radius 2 is 1.83 bits per heavy atom. The molecule has 1 atom stereocenters. The van der Waals surface area contributed by atoms with Crippen molar-refractivity contribution in [3.05, 3.63) is 48.0 Å². The first-order valence-corrected chi connectivity index (χ1v) is 3.68. The summed E-state index contributed by atoms with van der Waals surface area (Å²) in [6, 6.07) is 9.36. The first-order chi connectivity index (χ1) is 5.34. The predicted octanol–water partition coefficient (Wildman–Crippen LogP) is -1.33. The summed E-state index contributed by atoms with van der Waals surface area (Å²) >= 11 is 0. The number of benzene rings is 1. The third kappa shape index (κ3) is 3.98. The van der Waals surface area contributed by atoms with Gasteiger partial charge in [0.05, 0.1) is 0 Å². The maximum atomic E-state index is 11.2. The van der Waals surface area contributed by atoms with Gasteiger partial charge in [0.2, 0.25) is 0 Å². The minimum absolute atomic E-state index is 0. The molecule has 0 aliphatic rings. The quantitative estimate of drug-likeness (QED) is 0.414. The Kier molecular flexibility index (Phi) is 7.33. The van der Waals surface area contributed by atoms with Crippen LogP contribution in [0.4, 0.5) is 0 Å². The molecule has 0 aliphatic heterocycles. The van der Waals surface area contributed by atoms with Crippen LogP contribution < -0.4 is 56.5 Å². The monoisotopic (exact) mass is 186 g/mol. The van der Waals surface area contributed by atoms with Crippen molar-refractivity contribution in [1.29, 1.82) is 0 Å². The van der Waals surface area contributed by atoms with Crippen LogP contribution in [0, 0.1) is 0 Å². The minimum Gasteiger partial charge on any atom is -0.846 e. The van der Waals surface area contributed by atoms with Crippen LogP contribution in [-0.4, -0.2) is 0 Å².